The van der Waals surface area contributed by atoms with Crippen LogP contribution in [0.25, 0.3) is 0 Å². The molecule has 0 spiro atoms. The van der Waals surface area contributed by atoms with Gasteiger partial charge in [-0.15, -0.1) is 0 Å². The summed E-state index contributed by atoms with van der Waals surface area (Å²) in [5.74, 6) is -3.41. The first kappa shape index (κ1) is 25.7. The minimum Gasteiger partial charge on any atom is -0.472 e. The smallest absolute Gasteiger partial charge is 0.411 e. The van der Waals surface area contributed by atoms with Crippen LogP contribution >= 0.6 is 0 Å². The summed E-state index contributed by atoms with van der Waals surface area (Å²) in [5, 5.41) is 0. The molecule has 35 heavy (non-hydrogen) atoms. The molecule has 1 aliphatic heterocycles. The van der Waals surface area contributed by atoms with Crippen LogP contribution in [-0.4, -0.2) is 50.5 Å². The van der Waals surface area contributed by atoms with E-state index in [0.717, 1.165) is 0 Å². The number of ketones is 1. The van der Waals surface area contributed by atoms with Crippen LogP contribution in [0.15, 0.2) is 23.0 Å². The standard InChI is InChI=1S/C24H29F3O8/c1-22-6-4-14-21(30)35-17(13-5-7-32-10-13)9-23(14,2)19(22)18(28)16(8-15(22)20(29)31-3)34-12-33-11-24(25,26)27/h5,7,10,14-17,19H,4,6,8-9,11-12H2,1-3H3/t14-,15-,16-,17+,19-,22-,23-/m0/s1. The van der Waals surface area contributed by atoms with Crippen molar-refractivity contribution in [2.24, 2.45) is 28.6 Å². The zero-order valence-corrected chi connectivity index (χ0v) is 19.8. The van der Waals surface area contributed by atoms with Crippen LogP contribution in [0.1, 0.15) is 51.2 Å². The number of furan rings is 1. The van der Waals surface area contributed by atoms with Crippen LogP contribution in [0.5, 0.6) is 0 Å². The van der Waals surface area contributed by atoms with Gasteiger partial charge in [-0.05, 0) is 42.6 Å². The van der Waals surface area contributed by atoms with Gasteiger partial charge in [0.1, 0.15) is 25.6 Å². The predicted molar refractivity (Wildman–Crippen MR) is 111 cm³/mol. The Hall–Kier alpha value is -2.40. The largest absolute Gasteiger partial charge is 0.472 e. The Labute approximate surface area is 200 Å². The molecule has 0 N–H and O–H groups in total. The van der Waals surface area contributed by atoms with Crippen molar-refractivity contribution >= 4 is 17.7 Å². The zero-order valence-electron chi connectivity index (χ0n) is 19.8. The first-order chi connectivity index (χ1) is 16.4. The SMILES string of the molecule is COC(=O)[C@@H]1C[C@H](OCOCC(F)(F)F)C(=O)[C@H]2[C@@]1(C)CC[C@H]1C(=O)O[C@@H](c3ccoc3)C[C@]21C. The first-order valence-electron chi connectivity index (χ1n) is 11.5. The Morgan fingerprint density at radius 1 is 1.23 bits per heavy atom. The molecular formula is C24H29F3O8. The van der Waals surface area contributed by atoms with Crippen molar-refractivity contribution in [3.63, 3.8) is 0 Å². The van der Waals surface area contributed by atoms with E-state index in [1.165, 1.54) is 19.6 Å². The van der Waals surface area contributed by atoms with Gasteiger partial charge >= 0.3 is 18.1 Å². The van der Waals surface area contributed by atoms with Gasteiger partial charge in [0.15, 0.2) is 5.78 Å². The molecule has 0 amide bonds. The van der Waals surface area contributed by atoms with Crippen molar-refractivity contribution < 1.29 is 50.9 Å². The van der Waals surface area contributed by atoms with Gasteiger partial charge in [-0.25, -0.2) is 0 Å². The number of Topliss-reactive ketones (excluding diaryl/α,β-unsaturated/α-hetero) is 1. The van der Waals surface area contributed by atoms with Crippen molar-refractivity contribution in [1.29, 1.82) is 0 Å². The molecule has 0 radical (unpaired) electrons. The highest BCUT2D eigenvalue weighted by molar-refractivity contribution is 5.92. The molecule has 2 saturated carbocycles. The molecule has 194 valence electrons. The average molecular weight is 502 g/mol. The number of carbonyl (C=O) groups is 3. The minimum atomic E-state index is -4.54. The topological polar surface area (TPSA) is 101 Å². The van der Waals surface area contributed by atoms with Crippen LogP contribution in [0.3, 0.4) is 0 Å². The van der Waals surface area contributed by atoms with Gasteiger partial charge < -0.3 is 23.4 Å². The molecule has 4 rings (SSSR count). The normalized spacial score (nSPS) is 37.3. The Kier molecular flexibility index (Phi) is 6.78. The maximum absolute atomic E-state index is 13.8. The van der Waals surface area contributed by atoms with Crippen LogP contribution in [-0.2, 0) is 33.3 Å². The summed E-state index contributed by atoms with van der Waals surface area (Å²) < 4.78 is 63.2. The number of esters is 2. The predicted octanol–water partition coefficient (Wildman–Crippen LogP) is 3.99. The van der Waals surface area contributed by atoms with Crippen molar-refractivity contribution in [3.8, 4) is 0 Å². The van der Waals surface area contributed by atoms with Crippen LogP contribution in [0.2, 0.25) is 0 Å². The van der Waals surface area contributed by atoms with E-state index in [0.29, 0.717) is 24.8 Å². The van der Waals surface area contributed by atoms with E-state index in [1.54, 1.807) is 6.07 Å². The van der Waals surface area contributed by atoms with Gasteiger partial charge in [-0.2, -0.15) is 13.2 Å². The van der Waals surface area contributed by atoms with E-state index >= 15 is 0 Å². The number of hydrogen-bond donors (Lipinski definition) is 0. The van der Waals surface area contributed by atoms with E-state index in [2.05, 4.69) is 4.74 Å². The van der Waals surface area contributed by atoms with Crippen LogP contribution < -0.4 is 0 Å². The summed E-state index contributed by atoms with van der Waals surface area (Å²) in [7, 11) is 1.25. The lowest BCUT2D eigenvalue weighted by Gasteiger charge is -2.61. The van der Waals surface area contributed by atoms with E-state index in [-0.39, 0.29) is 12.2 Å². The molecular weight excluding hydrogens is 473 g/mol. The van der Waals surface area contributed by atoms with Crippen LogP contribution in [0, 0.1) is 28.6 Å². The van der Waals surface area contributed by atoms with E-state index in [9.17, 15) is 27.6 Å². The number of alkyl halides is 3. The third-order valence-corrected chi connectivity index (χ3v) is 8.12. The van der Waals surface area contributed by atoms with Gasteiger partial charge in [0.2, 0.25) is 0 Å². The lowest BCUT2D eigenvalue weighted by atomic mass is 9.43. The number of ether oxygens (including phenoxy) is 4. The second-order valence-electron chi connectivity index (χ2n) is 10.2. The summed E-state index contributed by atoms with van der Waals surface area (Å²) in [5.41, 5.74) is -1.06. The average Bonchev–Trinajstić information content (AvgIpc) is 3.31. The van der Waals surface area contributed by atoms with Gasteiger partial charge in [-0.1, -0.05) is 13.8 Å². The molecule has 3 aliphatic rings. The number of carbonyl (C=O) groups excluding carboxylic acids is 3. The number of fused-ring (bicyclic) bond motifs is 3. The molecule has 1 aromatic heterocycles. The molecule has 0 unspecified atom stereocenters. The van der Waals surface area contributed by atoms with Crippen molar-refractivity contribution in [2.75, 3.05) is 20.5 Å². The Morgan fingerprint density at radius 3 is 2.60 bits per heavy atom. The first-order valence-corrected chi connectivity index (χ1v) is 11.5. The maximum atomic E-state index is 13.8. The quantitative estimate of drug-likeness (QED) is 0.327. The highest BCUT2D eigenvalue weighted by atomic mass is 19.4. The van der Waals surface area contributed by atoms with Gasteiger partial charge in [0.05, 0.1) is 31.5 Å². The van der Waals surface area contributed by atoms with Crippen molar-refractivity contribution in [2.45, 2.75) is 57.9 Å². The number of rotatable bonds is 6. The number of halogens is 3. The third-order valence-electron chi connectivity index (χ3n) is 8.12. The third kappa shape index (κ3) is 4.60. The van der Waals surface area contributed by atoms with Gasteiger partial charge in [0, 0.05) is 11.5 Å². The summed E-state index contributed by atoms with van der Waals surface area (Å²) in [6, 6.07) is 1.69. The van der Waals surface area contributed by atoms with Crippen molar-refractivity contribution in [1.82, 2.24) is 0 Å². The highest BCUT2D eigenvalue weighted by Crippen LogP contribution is 2.65. The second-order valence-corrected chi connectivity index (χ2v) is 10.2. The molecule has 3 fully saturated rings. The fourth-order valence-corrected chi connectivity index (χ4v) is 6.59. The Balaban J connectivity index is 1.66. The fourth-order valence-electron chi connectivity index (χ4n) is 6.59. The number of hydrogen-bond acceptors (Lipinski definition) is 8. The molecule has 11 heteroatoms. The summed E-state index contributed by atoms with van der Waals surface area (Å²) in [4.78, 5) is 39.8. The van der Waals surface area contributed by atoms with Gasteiger partial charge in [0.25, 0.3) is 0 Å². The molecule has 7 atom stereocenters. The molecule has 8 nitrogen and oxygen atoms in total. The molecule has 0 aromatic carbocycles. The fraction of sp³-hybridized carbons (Fsp3) is 0.708. The zero-order chi connectivity index (χ0) is 25.6. The molecule has 2 heterocycles. The monoisotopic (exact) mass is 502 g/mol. The lowest BCUT2D eigenvalue weighted by Crippen LogP contribution is -2.64. The number of cyclic esters (lactones) is 1. The summed E-state index contributed by atoms with van der Waals surface area (Å²) >= 11 is 0. The second kappa shape index (κ2) is 9.24. The Morgan fingerprint density at radius 2 is 1.97 bits per heavy atom. The maximum Gasteiger partial charge on any atom is 0.411 e. The lowest BCUT2D eigenvalue weighted by molar-refractivity contribution is -0.222. The van der Waals surface area contributed by atoms with E-state index in [4.69, 9.17) is 18.6 Å². The molecule has 2 aliphatic carbocycles. The Bertz CT molecular complexity index is 960. The van der Waals surface area contributed by atoms with Crippen molar-refractivity contribution in [3.05, 3.63) is 24.2 Å². The number of methoxy groups -OCH3 is 1. The summed E-state index contributed by atoms with van der Waals surface area (Å²) in [6.07, 6.45) is -2.28. The highest BCUT2D eigenvalue weighted by Gasteiger charge is 2.67. The minimum absolute atomic E-state index is 0.0375. The van der Waals surface area contributed by atoms with E-state index in [1.807, 2.05) is 13.8 Å². The molecule has 1 saturated heterocycles. The van der Waals surface area contributed by atoms with E-state index < -0.39 is 72.3 Å². The van der Waals surface area contributed by atoms with Gasteiger partial charge in [-0.3, -0.25) is 14.4 Å². The molecule has 0 bridgehead atoms. The molecule has 1 aromatic rings. The summed E-state index contributed by atoms with van der Waals surface area (Å²) in [6.45, 7) is 1.42. The van der Waals surface area contributed by atoms with Crippen LogP contribution in [0.4, 0.5) is 13.2 Å².